The molecule has 148 valence electrons. The lowest BCUT2D eigenvalue weighted by atomic mass is 10.3. The normalized spacial score (nSPS) is 12.5. The van der Waals surface area contributed by atoms with Crippen molar-refractivity contribution in [3.63, 3.8) is 0 Å². The maximum absolute atomic E-state index is 13.1. The van der Waals surface area contributed by atoms with E-state index in [1.165, 1.54) is 12.1 Å². The van der Waals surface area contributed by atoms with Crippen molar-refractivity contribution in [2.24, 2.45) is 0 Å². The minimum Gasteiger partial charge on any atom is -0.455 e. The molecule has 1 heterocycles. The molecule has 2 aromatic rings. The highest BCUT2D eigenvalue weighted by Crippen LogP contribution is 2.34. The van der Waals surface area contributed by atoms with Gasteiger partial charge in [-0.3, -0.25) is 9.59 Å². The number of rotatable bonds is 7. The number of hydrogen-bond acceptors (Lipinski definition) is 7. The van der Waals surface area contributed by atoms with E-state index in [2.05, 4.69) is 5.32 Å². The van der Waals surface area contributed by atoms with Crippen LogP contribution in [0.5, 0.6) is 11.5 Å². The number of fused-ring (bicyclic) bond motifs is 1. The van der Waals surface area contributed by atoms with Gasteiger partial charge in [0.2, 0.25) is 16.8 Å². The average Bonchev–Trinajstić information content (AvgIpc) is 3.12. The number of hydrogen-bond donors (Lipinski definition) is 2. The van der Waals surface area contributed by atoms with Gasteiger partial charge in [-0.1, -0.05) is 6.07 Å². The molecule has 0 saturated heterocycles. The van der Waals surface area contributed by atoms with Crippen LogP contribution in [-0.2, 0) is 24.3 Å². The van der Waals surface area contributed by atoms with E-state index in [0.717, 1.165) is 12.1 Å². The van der Waals surface area contributed by atoms with Crippen LogP contribution in [0.15, 0.2) is 47.4 Å². The number of anilines is 1. The molecule has 0 unspecified atom stereocenters. The fourth-order valence-electron chi connectivity index (χ4n) is 2.24. The molecule has 0 fully saturated rings. The summed E-state index contributed by atoms with van der Waals surface area (Å²) in [6, 6.07) is 9.05. The van der Waals surface area contributed by atoms with Gasteiger partial charge in [-0.15, -0.1) is 0 Å². The highest BCUT2D eigenvalue weighted by Gasteiger charge is 2.18. The van der Waals surface area contributed by atoms with Crippen molar-refractivity contribution >= 4 is 27.6 Å². The van der Waals surface area contributed by atoms with Crippen LogP contribution in [0.1, 0.15) is 0 Å². The summed E-state index contributed by atoms with van der Waals surface area (Å²) in [6.45, 7) is -1.24. The minimum absolute atomic E-state index is 0.0931. The Bertz CT molecular complexity index is 1010. The molecule has 0 spiro atoms. The molecule has 0 radical (unpaired) electrons. The lowest BCUT2D eigenvalue weighted by molar-refractivity contribution is -0.146. The van der Waals surface area contributed by atoms with Gasteiger partial charge in [0.1, 0.15) is 12.4 Å². The van der Waals surface area contributed by atoms with E-state index in [9.17, 15) is 22.4 Å². The van der Waals surface area contributed by atoms with Crippen molar-refractivity contribution in [1.82, 2.24) is 4.72 Å². The summed E-state index contributed by atoms with van der Waals surface area (Å²) in [5.41, 5.74) is 0.414. The number of carbonyl (C=O) groups is 2. The Kier molecular flexibility index (Phi) is 5.76. The largest absolute Gasteiger partial charge is 0.455 e. The van der Waals surface area contributed by atoms with Crippen molar-refractivity contribution in [2.75, 3.05) is 25.3 Å². The van der Waals surface area contributed by atoms with Crippen LogP contribution in [0.3, 0.4) is 0 Å². The zero-order valence-corrected chi connectivity index (χ0v) is 15.1. The van der Waals surface area contributed by atoms with E-state index in [0.29, 0.717) is 17.2 Å². The van der Waals surface area contributed by atoms with E-state index in [1.807, 2.05) is 4.72 Å². The van der Waals surface area contributed by atoms with Gasteiger partial charge in [-0.2, -0.15) is 4.72 Å². The van der Waals surface area contributed by atoms with Crippen LogP contribution in [0, 0.1) is 5.82 Å². The monoisotopic (exact) mass is 410 g/mol. The molecule has 28 heavy (non-hydrogen) atoms. The maximum Gasteiger partial charge on any atom is 0.321 e. The van der Waals surface area contributed by atoms with Gasteiger partial charge < -0.3 is 19.5 Å². The first-order valence-electron chi connectivity index (χ1n) is 7.94. The van der Waals surface area contributed by atoms with Crippen molar-refractivity contribution in [1.29, 1.82) is 0 Å². The molecule has 0 atom stereocenters. The molecule has 1 amide bonds. The maximum atomic E-state index is 13.1. The molecule has 0 aromatic heterocycles. The van der Waals surface area contributed by atoms with E-state index in [1.54, 1.807) is 18.2 Å². The van der Waals surface area contributed by atoms with Crippen molar-refractivity contribution in [3.05, 3.63) is 48.3 Å². The molecule has 2 N–H and O–H groups in total. The summed E-state index contributed by atoms with van der Waals surface area (Å²) in [5, 5.41) is 2.50. The molecule has 2 aromatic carbocycles. The van der Waals surface area contributed by atoms with Gasteiger partial charge in [-0.25, -0.2) is 12.8 Å². The van der Waals surface area contributed by atoms with Crippen LogP contribution in [0.4, 0.5) is 10.1 Å². The Balaban J connectivity index is 1.45. The smallest absolute Gasteiger partial charge is 0.321 e. The average molecular weight is 410 g/mol. The van der Waals surface area contributed by atoms with Gasteiger partial charge in [-0.05, 0) is 30.3 Å². The minimum atomic E-state index is -4.09. The molecule has 0 bridgehead atoms. The Morgan fingerprint density at radius 3 is 2.68 bits per heavy atom. The zero-order chi connectivity index (χ0) is 20.1. The van der Waals surface area contributed by atoms with Gasteiger partial charge in [0.15, 0.2) is 18.1 Å². The second-order valence-corrected chi connectivity index (χ2v) is 7.33. The molecule has 9 nitrogen and oxygen atoms in total. The predicted octanol–water partition coefficient (Wildman–Crippen LogP) is 1.01. The summed E-state index contributed by atoms with van der Waals surface area (Å²) in [5.74, 6) is -1.30. The number of nitrogens with one attached hydrogen (secondary N) is 2. The van der Waals surface area contributed by atoms with Crippen LogP contribution in [0.2, 0.25) is 0 Å². The van der Waals surface area contributed by atoms with Gasteiger partial charge in [0.25, 0.3) is 5.91 Å². The third-order valence-corrected chi connectivity index (χ3v) is 4.93. The van der Waals surface area contributed by atoms with Crippen LogP contribution >= 0.6 is 0 Å². The number of amides is 1. The number of sulfonamides is 1. The molecule has 0 saturated carbocycles. The second-order valence-electron chi connectivity index (χ2n) is 5.56. The van der Waals surface area contributed by atoms with Crippen molar-refractivity contribution in [3.8, 4) is 11.5 Å². The number of esters is 1. The molecule has 1 aliphatic heterocycles. The number of carbonyl (C=O) groups excluding carboxylic acids is 2. The Morgan fingerprint density at radius 2 is 1.89 bits per heavy atom. The first-order chi connectivity index (χ1) is 13.3. The van der Waals surface area contributed by atoms with Crippen LogP contribution in [0.25, 0.3) is 0 Å². The van der Waals surface area contributed by atoms with Crippen molar-refractivity contribution < 1.29 is 36.6 Å². The Hall–Kier alpha value is -3.18. The summed E-state index contributed by atoms with van der Waals surface area (Å²) in [7, 11) is -4.09. The molecular formula is C17H15FN2O7S. The zero-order valence-electron chi connectivity index (χ0n) is 14.3. The van der Waals surface area contributed by atoms with Gasteiger partial charge in [0, 0.05) is 11.8 Å². The molecule has 3 rings (SSSR count). The quantitative estimate of drug-likeness (QED) is 0.654. The van der Waals surface area contributed by atoms with Crippen molar-refractivity contribution in [2.45, 2.75) is 4.90 Å². The SMILES string of the molecule is O=C(COC(=O)CNS(=O)(=O)c1cccc(F)c1)Nc1ccc2c(c1)OCO2. The van der Waals surface area contributed by atoms with E-state index < -0.39 is 40.9 Å². The second kappa shape index (κ2) is 8.23. The predicted molar refractivity (Wildman–Crippen MR) is 93.7 cm³/mol. The van der Waals surface area contributed by atoms with E-state index >= 15 is 0 Å². The standard InChI is InChI=1S/C17H15FN2O7S/c18-11-2-1-3-13(6-11)28(23,24)19-8-17(22)25-9-16(21)20-12-4-5-14-15(7-12)27-10-26-14/h1-7,19H,8-10H2,(H,20,21). The third kappa shape index (κ3) is 4.96. The Morgan fingerprint density at radius 1 is 1.11 bits per heavy atom. The number of ether oxygens (including phenoxy) is 3. The topological polar surface area (TPSA) is 120 Å². The molecule has 1 aliphatic rings. The van der Waals surface area contributed by atoms with Crippen LogP contribution in [-0.4, -0.2) is 40.2 Å². The molecular weight excluding hydrogens is 395 g/mol. The Labute approximate surface area is 159 Å². The van der Waals surface area contributed by atoms with E-state index in [-0.39, 0.29) is 11.7 Å². The van der Waals surface area contributed by atoms with Gasteiger partial charge in [0.05, 0.1) is 4.90 Å². The fourth-order valence-corrected chi connectivity index (χ4v) is 3.24. The van der Waals surface area contributed by atoms with E-state index in [4.69, 9.17) is 14.2 Å². The lowest BCUT2D eigenvalue weighted by Gasteiger charge is -2.08. The summed E-state index contributed by atoms with van der Waals surface area (Å²) in [6.07, 6.45) is 0. The fraction of sp³-hybridized carbons (Fsp3) is 0.176. The third-order valence-electron chi connectivity index (χ3n) is 3.53. The number of halogens is 1. The lowest BCUT2D eigenvalue weighted by Crippen LogP contribution is -2.32. The highest BCUT2D eigenvalue weighted by molar-refractivity contribution is 7.89. The summed E-state index contributed by atoms with van der Waals surface area (Å²) in [4.78, 5) is 23.2. The van der Waals surface area contributed by atoms with Crippen LogP contribution < -0.4 is 19.5 Å². The summed E-state index contributed by atoms with van der Waals surface area (Å²) < 4.78 is 54.1. The van der Waals surface area contributed by atoms with Gasteiger partial charge >= 0.3 is 5.97 Å². The molecule has 0 aliphatic carbocycles. The summed E-state index contributed by atoms with van der Waals surface area (Å²) >= 11 is 0. The number of benzene rings is 2. The molecule has 11 heteroatoms. The first-order valence-corrected chi connectivity index (χ1v) is 9.42. The first kappa shape index (κ1) is 19.6. The highest BCUT2D eigenvalue weighted by atomic mass is 32.2.